The SMILES string of the molecule is Cc1cc(I)ccc1NC(=O)CC(C)(C(=O)O)C(C)C. The number of aliphatic carboxylic acids is 1. The molecule has 5 heteroatoms. The smallest absolute Gasteiger partial charge is 0.310 e. The van der Waals surface area contributed by atoms with E-state index in [1.54, 1.807) is 6.92 Å². The van der Waals surface area contributed by atoms with Crippen LogP contribution in [0.5, 0.6) is 0 Å². The van der Waals surface area contributed by atoms with Crippen molar-refractivity contribution in [2.75, 3.05) is 5.32 Å². The van der Waals surface area contributed by atoms with Crippen LogP contribution >= 0.6 is 22.6 Å². The van der Waals surface area contributed by atoms with Crippen LogP contribution in [0.4, 0.5) is 5.69 Å². The number of carboxylic acid groups (broad SMARTS) is 1. The number of benzene rings is 1. The van der Waals surface area contributed by atoms with E-state index in [2.05, 4.69) is 27.9 Å². The summed E-state index contributed by atoms with van der Waals surface area (Å²) < 4.78 is 1.09. The average Bonchev–Trinajstić information content (AvgIpc) is 2.32. The molecule has 0 aliphatic heterocycles. The van der Waals surface area contributed by atoms with Crippen molar-refractivity contribution in [3.8, 4) is 0 Å². The number of carbonyl (C=O) groups is 2. The maximum atomic E-state index is 12.1. The van der Waals surface area contributed by atoms with Crippen molar-refractivity contribution in [3.05, 3.63) is 27.3 Å². The highest BCUT2D eigenvalue weighted by Crippen LogP contribution is 2.32. The molecule has 0 fully saturated rings. The first-order chi connectivity index (χ1) is 9.16. The van der Waals surface area contributed by atoms with E-state index in [4.69, 9.17) is 0 Å². The summed E-state index contributed by atoms with van der Waals surface area (Å²) in [4.78, 5) is 23.5. The van der Waals surface area contributed by atoms with Crippen LogP contribution in [0.3, 0.4) is 0 Å². The molecule has 0 aliphatic carbocycles. The molecule has 20 heavy (non-hydrogen) atoms. The van der Waals surface area contributed by atoms with Crippen molar-refractivity contribution >= 4 is 40.2 Å². The first-order valence-corrected chi connectivity index (χ1v) is 7.54. The summed E-state index contributed by atoms with van der Waals surface area (Å²) >= 11 is 2.20. The van der Waals surface area contributed by atoms with Gasteiger partial charge in [-0.05, 0) is 66.1 Å². The zero-order chi connectivity index (χ0) is 15.5. The van der Waals surface area contributed by atoms with Gasteiger partial charge >= 0.3 is 5.97 Å². The van der Waals surface area contributed by atoms with Gasteiger partial charge in [0.1, 0.15) is 0 Å². The fourth-order valence-electron chi connectivity index (χ4n) is 1.82. The molecular weight excluding hydrogens is 369 g/mol. The van der Waals surface area contributed by atoms with E-state index in [0.29, 0.717) is 0 Å². The van der Waals surface area contributed by atoms with Gasteiger partial charge in [0.2, 0.25) is 5.91 Å². The Labute approximate surface area is 133 Å². The van der Waals surface area contributed by atoms with Crippen molar-refractivity contribution in [2.24, 2.45) is 11.3 Å². The monoisotopic (exact) mass is 389 g/mol. The molecule has 0 bridgehead atoms. The molecule has 0 saturated heterocycles. The van der Waals surface area contributed by atoms with Gasteiger partial charge in [-0.25, -0.2) is 0 Å². The van der Waals surface area contributed by atoms with Crippen LogP contribution < -0.4 is 5.32 Å². The van der Waals surface area contributed by atoms with Crippen LogP contribution in [0.1, 0.15) is 32.8 Å². The van der Waals surface area contributed by atoms with Gasteiger partial charge in [0, 0.05) is 15.7 Å². The van der Waals surface area contributed by atoms with Crippen LogP contribution in [-0.4, -0.2) is 17.0 Å². The van der Waals surface area contributed by atoms with Crippen LogP contribution in [0.2, 0.25) is 0 Å². The number of rotatable bonds is 5. The Morgan fingerprint density at radius 2 is 2.00 bits per heavy atom. The summed E-state index contributed by atoms with van der Waals surface area (Å²) in [5.41, 5.74) is 0.639. The number of amides is 1. The first-order valence-electron chi connectivity index (χ1n) is 6.46. The van der Waals surface area contributed by atoms with E-state index in [9.17, 15) is 14.7 Å². The Kier molecular flexibility index (Phi) is 5.56. The molecule has 1 rings (SSSR count). The Morgan fingerprint density at radius 1 is 1.40 bits per heavy atom. The van der Waals surface area contributed by atoms with Gasteiger partial charge in [0.25, 0.3) is 0 Å². The number of hydrogen-bond acceptors (Lipinski definition) is 2. The fourth-order valence-corrected chi connectivity index (χ4v) is 2.47. The lowest BCUT2D eigenvalue weighted by atomic mass is 9.76. The zero-order valence-electron chi connectivity index (χ0n) is 12.2. The van der Waals surface area contributed by atoms with Gasteiger partial charge in [-0.2, -0.15) is 0 Å². The number of anilines is 1. The molecule has 1 atom stereocenters. The van der Waals surface area contributed by atoms with E-state index >= 15 is 0 Å². The second kappa shape index (κ2) is 6.56. The Bertz CT molecular complexity index is 528. The average molecular weight is 389 g/mol. The van der Waals surface area contributed by atoms with E-state index in [1.807, 2.05) is 39.0 Å². The Balaban J connectivity index is 2.84. The third kappa shape index (κ3) is 3.94. The highest BCUT2D eigenvalue weighted by atomic mass is 127. The van der Waals surface area contributed by atoms with Crippen molar-refractivity contribution < 1.29 is 14.7 Å². The minimum absolute atomic E-state index is 0.0363. The summed E-state index contributed by atoms with van der Waals surface area (Å²) in [5.74, 6) is -1.33. The summed E-state index contributed by atoms with van der Waals surface area (Å²) in [7, 11) is 0. The topological polar surface area (TPSA) is 66.4 Å². The van der Waals surface area contributed by atoms with Crippen molar-refractivity contribution in [1.29, 1.82) is 0 Å². The molecule has 4 nitrogen and oxygen atoms in total. The minimum atomic E-state index is -1.05. The van der Waals surface area contributed by atoms with E-state index in [0.717, 1.165) is 14.8 Å². The predicted octanol–water partition coefficient (Wildman–Crippen LogP) is 3.68. The maximum Gasteiger partial charge on any atom is 0.310 e. The molecule has 1 aromatic rings. The van der Waals surface area contributed by atoms with Gasteiger partial charge in [0.15, 0.2) is 0 Å². The molecule has 0 saturated carbocycles. The van der Waals surface area contributed by atoms with Crippen LogP contribution in [0.15, 0.2) is 18.2 Å². The van der Waals surface area contributed by atoms with Gasteiger partial charge in [-0.1, -0.05) is 13.8 Å². The summed E-state index contributed by atoms with van der Waals surface area (Å²) in [6.45, 7) is 7.16. The first kappa shape index (κ1) is 16.9. The minimum Gasteiger partial charge on any atom is -0.481 e. The molecule has 1 amide bonds. The molecule has 0 aromatic heterocycles. The molecule has 0 heterocycles. The normalized spacial score (nSPS) is 13.9. The van der Waals surface area contributed by atoms with Gasteiger partial charge in [-0.15, -0.1) is 0 Å². The van der Waals surface area contributed by atoms with Crippen LogP contribution in [0.25, 0.3) is 0 Å². The van der Waals surface area contributed by atoms with Crippen LogP contribution in [-0.2, 0) is 9.59 Å². The largest absolute Gasteiger partial charge is 0.481 e. The van der Waals surface area contributed by atoms with E-state index < -0.39 is 11.4 Å². The third-order valence-corrected chi connectivity index (χ3v) is 4.42. The summed E-state index contributed by atoms with van der Waals surface area (Å²) in [5, 5.41) is 12.1. The number of halogens is 1. The predicted molar refractivity (Wildman–Crippen MR) is 87.7 cm³/mol. The summed E-state index contributed by atoms with van der Waals surface area (Å²) in [6, 6.07) is 5.71. The van der Waals surface area contributed by atoms with Crippen molar-refractivity contribution in [3.63, 3.8) is 0 Å². The lowest BCUT2D eigenvalue weighted by Gasteiger charge is -2.28. The third-order valence-electron chi connectivity index (χ3n) is 3.75. The molecule has 0 radical (unpaired) electrons. The summed E-state index contributed by atoms with van der Waals surface area (Å²) in [6.07, 6.45) is -0.0363. The van der Waals surface area contributed by atoms with Crippen LogP contribution in [0, 0.1) is 21.8 Å². The Morgan fingerprint density at radius 3 is 2.45 bits per heavy atom. The second-order valence-corrected chi connectivity index (χ2v) is 6.81. The fraction of sp³-hybridized carbons (Fsp3) is 0.467. The number of hydrogen-bond donors (Lipinski definition) is 2. The lowest BCUT2D eigenvalue weighted by molar-refractivity contribution is -0.153. The Hall–Kier alpha value is -1.11. The van der Waals surface area contributed by atoms with Crippen molar-refractivity contribution in [1.82, 2.24) is 0 Å². The molecule has 1 unspecified atom stereocenters. The maximum absolute atomic E-state index is 12.1. The number of aryl methyl sites for hydroxylation is 1. The number of carbonyl (C=O) groups excluding carboxylic acids is 1. The van der Waals surface area contributed by atoms with E-state index in [1.165, 1.54) is 0 Å². The van der Waals surface area contributed by atoms with E-state index in [-0.39, 0.29) is 18.2 Å². The number of carboxylic acids is 1. The number of nitrogens with one attached hydrogen (secondary N) is 1. The van der Waals surface area contributed by atoms with Gasteiger partial charge in [-0.3, -0.25) is 9.59 Å². The molecule has 0 spiro atoms. The highest BCUT2D eigenvalue weighted by Gasteiger charge is 2.38. The zero-order valence-corrected chi connectivity index (χ0v) is 14.3. The molecule has 110 valence electrons. The molecule has 0 aliphatic rings. The second-order valence-electron chi connectivity index (χ2n) is 5.56. The van der Waals surface area contributed by atoms with Gasteiger partial charge in [0.05, 0.1) is 5.41 Å². The highest BCUT2D eigenvalue weighted by molar-refractivity contribution is 14.1. The lowest BCUT2D eigenvalue weighted by Crippen LogP contribution is -2.37. The quantitative estimate of drug-likeness (QED) is 0.756. The molecule has 2 N–H and O–H groups in total. The molecule has 1 aromatic carbocycles. The van der Waals surface area contributed by atoms with Crippen molar-refractivity contribution in [2.45, 2.75) is 34.1 Å². The molecular formula is C15H20INO3. The standard InChI is InChI=1S/C15H20INO3/c1-9(2)15(4,14(19)20)8-13(18)17-12-6-5-11(16)7-10(12)3/h5-7,9H,8H2,1-4H3,(H,17,18)(H,19,20). The van der Waals surface area contributed by atoms with Gasteiger partial charge < -0.3 is 10.4 Å².